The van der Waals surface area contributed by atoms with Crippen LogP contribution in [0.1, 0.15) is 38.3 Å². The van der Waals surface area contributed by atoms with E-state index in [1.807, 2.05) is 11.0 Å². The maximum atomic E-state index is 12.1. The normalized spacial score (nSPS) is 19.4. The van der Waals surface area contributed by atoms with Crippen LogP contribution in [0.5, 0.6) is 0 Å². The SMILES string of the molecule is COC1CCN(C(=O)/C=C/c2ccc(C(C)(C)C)cc2)C1. The van der Waals surface area contributed by atoms with Gasteiger partial charge >= 0.3 is 0 Å². The average Bonchev–Trinajstić information content (AvgIpc) is 2.93. The maximum Gasteiger partial charge on any atom is 0.246 e. The molecule has 1 unspecified atom stereocenters. The zero-order chi connectivity index (χ0) is 15.5. The Morgan fingerprint density at radius 3 is 2.48 bits per heavy atom. The van der Waals surface area contributed by atoms with Gasteiger partial charge in [-0.15, -0.1) is 0 Å². The number of carbonyl (C=O) groups excluding carboxylic acids is 1. The van der Waals surface area contributed by atoms with Crippen molar-refractivity contribution in [1.29, 1.82) is 0 Å². The number of amides is 1. The second kappa shape index (κ2) is 6.44. The second-order valence-corrected chi connectivity index (χ2v) is 6.64. The van der Waals surface area contributed by atoms with E-state index >= 15 is 0 Å². The summed E-state index contributed by atoms with van der Waals surface area (Å²) in [5.41, 5.74) is 2.51. The van der Waals surface area contributed by atoms with Gasteiger partial charge < -0.3 is 9.64 Å². The minimum Gasteiger partial charge on any atom is -0.380 e. The molecule has 1 aliphatic rings. The van der Waals surface area contributed by atoms with E-state index in [0.29, 0.717) is 6.54 Å². The highest BCUT2D eigenvalue weighted by atomic mass is 16.5. The number of hydrogen-bond donors (Lipinski definition) is 0. The van der Waals surface area contributed by atoms with Gasteiger partial charge in [-0.1, -0.05) is 45.0 Å². The van der Waals surface area contributed by atoms with Crippen LogP contribution >= 0.6 is 0 Å². The zero-order valence-corrected chi connectivity index (χ0v) is 13.4. The van der Waals surface area contributed by atoms with Gasteiger partial charge in [-0.25, -0.2) is 0 Å². The lowest BCUT2D eigenvalue weighted by Crippen LogP contribution is -2.28. The molecule has 1 heterocycles. The molecular formula is C18H25NO2. The third kappa shape index (κ3) is 4.18. The lowest BCUT2D eigenvalue weighted by Gasteiger charge is -2.18. The predicted octanol–water partition coefficient (Wildman–Crippen LogP) is 3.24. The molecule has 3 nitrogen and oxygen atoms in total. The zero-order valence-electron chi connectivity index (χ0n) is 13.4. The molecule has 0 aliphatic carbocycles. The van der Waals surface area contributed by atoms with Crippen LogP contribution in [0.3, 0.4) is 0 Å². The largest absolute Gasteiger partial charge is 0.380 e. The summed E-state index contributed by atoms with van der Waals surface area (Å²) in [7, 11) is 1.70. The number of hydrogen-bond acceptors (Lipinski definition) is 2. The Bertz CT molecular complexity index is 511. The number of nitrogens with zero attached hydrogens (tertiary/aromatic N) is 1. The van der Waals surface area contributed by atoms with Gasteiger partial charge in [0.1, 0.15) is 0 Å². The van der Waals surface area contributed by atoms with Gasteiger partial charge in [0.2, 0.25) is 5.91 Å². The summed E-state index contributed by atoms with van der Waals surface area (Å²) in [6.07, 6.45) is 4.66. The van der Waals surface area contributed by atoms with Crippen LogP contribution in [0.4, 0.5) is 0 Å². The maximum absolute atomic E-state index is 12.1. The Balaban J connectivity index is 1.96. The van der Waals surface area contributed by atoms with E-state index in [9.17, 15) is 4.79 Å². The Morgan fingerprint density at radius 1 is 1.29 bits per heavy atom. The Morgan fingerprint density at radius 2 is 1.95 bits per heavy atom. The van der Waals surface area contributed by atoms with Gasteiger partial charge in [-0.3, -0.25) is 4.79 Å². The fourth-order valence-corrected chi connectivity index (χ4v) is 2.49. The molecule has 1 atom stereocenters. The standard InChI is InChI=1S/C18H25NO2/c1-18(2,3)15-8-5-14(6-9-15)7-10-17(20)19-12-11-16(13-19)21-4/h5-10,16H,11-13H2,1-4H3/b10-7+. The third-order valence-corrected chi connectivity index (χ3v) is 3.99. The minimum absolute atomic E-state index is 0.0643. The topological polar surface area (TPSA) is 29.5 Å². The van der Waals surface area contributed by atoms with Crippen molar-refractivity contribution >= 4 is 12.0 Å². The Hall–Kier alpha value is -1.61. The molecule has 114 valence electrons. The first-order valence-corrected chi connectivity index (χ1v) is 7.50. The highest BCUT2D eigenvalue weighted by molar-refractivity contribution is 5.92. The number of benzene rings is 1. The summed E-state index contributed by atoms with van der Waals surface area (Å²) < 4.78 is 5.28. The second-order valence-electron chi connectivity index (χ2n) is 6.64. The lowest BCUT2D eigenvalue weighted by molar-refractivity contribution is -0.125. The van der Waals surface area contributed by atoms with Crippen LogP contribution in [-0.4, -0.2) is 37.1 Å². The van der Waals surface area contributed by atoms with E-state index < -0.39 is 0 Å². The van der Waals surface area contributed by atoms with Gasteiger partial charge in [0.15, 0.2) is 0 Å². The van der Waals surface area contributed by atoms with E-state index in [2.05, 4.69) is 45.0 Å². The molecule has 1 aromatic carbocycles. The van der Waals surface area contributed by atoms with Crippen LogP contribution < -0.4 is 0 Å². The molecule has 0 aromatic heterocycles. The summed E-state index contributed by atoms with van der Waals surface area (Å²) in [5.74, 6) is 0.0643. The van der Waals surface area contributed by atoms with E-state index in [1.54, 1.807) is 13.2 Å². The molecule has 0 spiro atoms. The van der Waals surface area contributed by atoms with Crippen molar-refractivity contribution in [3.05, 3.63) is 41.5 Å². The van der Waals surface area contributed by atoms with Gasteiger partial charge in [-0.2, -0.15) is 0 Å². The molecule has 1 fully saturated rings. The number of likely N-dealkylation sites (tertiary alicyclic amines) is 1. The molecule has 0 saturated carbocycles. The highest BCUT2D eigenvalue weighted by Crippen LogP contribution is 2.22. The van der Waals surface area contributed by atoms with Crippen molar-refractivity contribution in [3.8, 4) is 0 Å². The molecule has 0 radical (unpaired) electrons. The molecule has 1 aromatic rings. The summed E-state index contributed by atoms with van der Waals surface area (Å²) in [6.45, 7) is 8.07. The number of ether oxygens (including phenoxy) is 1. The van der Waals surface area contributed by atoms with Crippen molar-refractivity contribution in [1.82, 2.24) is 4.90 Å². The molecule has 21 heavy (non-hydrogen) atoms. The van der Waals surface area contributed by atoms with E-state index in [-0.39, 0.29) is 17.4 Å². The quantitative estimate of drug-likeness (QED) is 0.799. The lowest BCUT2D eigenvalue weighted by atomic mass is 9.87. The summed E-state index contributed by atoms with van der Waals surface area (Å²) >= 11 is 0. The number of rotatable bonds is 3. The van der Waals surface area contributed by atoms with Gasteiger partial charge in [0, 0.05) is 26.3 Å². The van der Waals surface area contributed by atoms with Crippen LogP contribution in [-0.2, 0) is 14.9 Å². The Labute approximate surface area is 127 Å². The van der Waals surface area contributed by atoms with Crippen LogP contribution in [0.15, 0.2) is 30.3 Å². The van der Waals surface area contributed by atoms with Crippen molar-refractivity contribution in [2.24, 2.45) is 0 Å². The molecule has 1 aliphatic heterocycles. The fraction of sp³-hybridized carbons (Fsp3) is 0.500. The molecule has 0 bridgehead atoms. The summed E-state index contributed by atoms with van der Waals surface area (Å²) in [5, 5.41) is 0. The first-order chi connectivity index (χ1) is 9.90. The number of methoxy groups -OCH3 is 1. The molecular weight excluding hydrogens is 262 g/mol. The highest BCUT2D eigenvalue weighted by Gasteiger charge is 2.24. The van der Waals surface area contributed by atoms with Crippen LogP contribution in [0, 0.1) is 0 Å². The third-order valence-electron chi connectivity index (χ3n) is 3.99. The van der Waals surface area contributed by atoms with Crippen LogP contribution in [0.2, 0.25) is 0 Å². The fourth-order valence-electron chi connectivity index (χ4n) is 2.49. The van der Waals surface area contributed by atoms with E-state index in [1.165, 1.54) is 5.56 Å². The summed E-state index contributed by atoms with van der Waals surface area (Å²) in [6, 6.07) is 8.38. The molecule has 2 rings (SSSR count). The van der Waals surface area contributed by atoms with Crippen molar-refractivity contribution in [3.63, 3.8) is 0 Å². The van der Waals surface area contributed by atoms with Gasteiger partial charge in [0.05, 0.1) is 6.10 Å². The molecule has 0 N–H and O–H groups in total. The molecule has 1 amide bonds. The van der Waals surface area contributed by atoms with Gasteiger partial charge in [0.25, 0.3) is 0 Å². The van der Waals surface area contributed by atoms with Crippen molar-refractivity contribution < 1.29 is 9.53 Å². The van der Waals surface area contributed by atoms with Crippen molar-refractivity contribution in [2.45, 2.75) is 38.7 Å². The minimum atomic E-state index is 0.0643. The predicted molar refractivity (Wildman–Crippen MR) is 86.2 cm³/mol. The molecule has 1 saturated heterocycles. The Kier molecular flexibility index (Phi) is 4.84. The number of carbonyl (C=O) groups is 1. The summed E-state index contributed by atoms with van der Waals surface area (Å²) in [4.78, 5) is 13.9. The van der Waals surface area contributed by atoms with E-state index in [0.717, 1.165) is 18.5 Å². The van der Waals surface area contributed by atoms with Crippen molar-refractivity contribution in [2.75, 3.05) is 20.2 Å². The van der Waals surface area contributed by atoms with Gasteiger partial charge in [-0.05, 0) is 29.0 Å². The average molecular weight is 287 g/mol. The monoisotopic (exact) mass is 287 g/mol. The first-order valence-electron chi connectivity index (χ1n) is 7.50. The smallest absolute Gasteiger partial charge is 0.246 e. The molecule has 3 heteroatoms. The van der Waals surface area contributed by atoms with E-state index in [4.69, 9.17) is 4.74 Å². The first kappa shape index (κ1) is 15.8. The van der Waals surface area contributed by atoms with Crippen LogP contribution in [0.25, 0.3) is 6.08 Å².